The number of rotatable bonds is 6. The van der Waals surface area contributed by atoms with Crippen LogP contribution in [-0.2, 0) is 9.53 Å². The summed E-state index contributed by atoms with van der Waals surface area (Å²) >= 11 is 16.4. The number of hydrogen-bond acceptors (Lipinski definition) is 4. The molecule has 0 amide bonds. The Morgan fingerprint density at radius 3 is 2.47 bits per heavy atom. The Kier molecular flexibility index (Phi) is 7.23. The molecule has 30 heavy (non-hydrogen) atoms. The monoisotopic (exact) mass is 617 g/mol. The first-order valence-corrected chi connectivity index (χ1v) is 12.0. The molecular weight excluding hydrogens is 601 g/mol. The van der Waals surface area contributed by atoms with E-state index in [4.69, 9.17) is 21.1 Å². The van der Waals surface area contributed by atoms with Crippen molar-refractivity contribution in [2.24, 2.45) is 17.3 Å². The molecule has 0 bridgehead atoms. The van der Waals surface area contributed by atoms with Crippen LogP contribution in [0.2, 0.25) is 5.02 Å². The highest BCUT2D eigenvalue weighted by Gasteiger charge is 2.63. The van der Waals surface area contributed by atoms with Crippen LogP contribution in [-0.4, -0.2) is 8.11 Å². The van der Waals surface area contributed by atoms with Crippen molar-refractivity contribution in [1.29, 1.82) is 5.26 Å². The van der Waals surface area contributed by atoms with Crippen molar-refractivity contribution < 1.29 is 14.3 Å². The lowest BCUT2D eigenvalue weighted by Crippen LogP contribution is -2.15. The zero-order valence-electron chi connectivity index (χ0n) is 16.2. The second-order valence-corrected chi connectivity index (χ2v) is 15.5. The van der Waals surface area contributed by atoms with Gasteiger partial charge in [0.2, 0.25) is 6.10 Å². The molecule has 0 aliphatic heterocycles. The summed E-state index contributed by atoms with van der Waals surface area (Å²) < 4.78 is 11.0. The highest BCUT2D eigenvalue weighted by molar-refractivity contribution is 9.39. The number of carbonyl (C=O) groups is 1. The van der Waals surface area contributed by atoms with Crippen molar-refractivity contribution in [3.63, 3.8) is 0 Å². The molecule has 1 aliphatic carbocycles. The molecular formula is C22H19Br3ClNO3. The van der Waals surface area contributed by atoms with Gasteiger partial charge in [-0.3, -0.25) is 4.79 Å². The minimum atomic E-state index is -1.01. The van der Waals surface area contributed by atoms with Gasteiger partial charge in [-0.05, 0) is 54.2 Å². The summed E-state index contributed by atoms with van der Waals surface area (Å²) in [7, 11) is 0. The van der Waals surface area contributed by atoms with Crippen molar-refractivity contribution >= 4 is 65.4 Å². The summed E-state index contributed by atoms with van der Waals surface area (Å²) in [4.78, 5) is 12.8. The van der Waals surface area contributed by atoms with Crippen molar-refractivity contribution in [1.82, 2.24) is 0 Å². The highest BCUT2D eigenvalue weighted by Crippen LogP contribution is 2.64. The van der Waals surface area contributed by atoms with Gasteiger partial charge in [-0.2, -0.15) is 5.26 Å². The Balaban J connectivity index is 1.70. The molecule has 2 aromatic carbocycles. The number of nitriles is 1. The first kappa shape index (κ1) is 23.6. The van der Waals surface area contributed by atoms with Crippen molar-refractivity contribution in [2.45, 2.75) is 28.5 Å². The lowest BCUT2D eigenvalue weighted by atomic mass is 10.1. The minimum Gasteiger partial charge on any atom is -0.457 e. The molecule has 0 spiro atoms. The normalized spacial score (nSPS) is 20.7. The van der Waals surface area contributed by atoms with E-state index in [2.05, 4.69) is 53.9 Å². The van der Waals surface area contributed by atoms with Gasteiger partial charge in [0.15, 0.2) is 0 Å². The van der Waals surface area contributed by atoms with Crippen LogP contribution < -0.4 is 4.74 Å². The number of nitrogens with zero attached hydrogens (tertiary/aromatic N) is 1. The molecule has 1 saturated carbocycles. The Hall–Kier alpha value is -1.07. The molecule has 3 atom stereocenters. The van der Waals surface area contributed by atoms with E-state index in [1.54, 1.807) is 48.5 Å². The van der Waals surface area contributed by atoms with Gasteiger partial charge in [0.25, 0.3) is 0 Å². The molecule has 0 heterocycles. The smallest absolute Gasteiger partial charge is 0.311 e. The fourth-order valence-corrected chi connectivity index (χ4v) is 4.75. The third-order valence-corrected chi connectivity index (χ3v) is 6.54. The molecule has 158 valence electrons. The Bertz CT molecular complexity index is 967. The highest BCUT2D eigenvalue weighted by atomic mass is 80.0. The molecule has 8 heteroatoms. The summed E-state index contributed by atoms with van der Waals surface area (Å²) in [6.45, 7) is 4.06. The van der Waals surface area contributed by atoms with E-state index in [0.717, 1.165) is 0 Å². The molecule has 0 N–H and O–H groups in total. The average Bonchev–Trinajstić information content (AvgIpc) is 3.19. The number of ether oxygens (including phenoxy) is 2. The maximum Gasteiger partial charge on any atom is 0.311 e. The molecule has 1 fully saturated rings. The number of benzene rings is 2. The van der Waals surface area contributed by atoms with Crippen molar-refractivity contribution in [3.8, 4) is 17.6 Å². The Labute approximate surface area is 206 Å². The van der Waals surface area contributed by atoms with Gasteiger partial charge in [0.1, 0.15) is 19.7 Å². The van der Waals surface area contributed by atoms with Crippen LogP contribution in [0.1, 0.15) is 31.9 Å². The van der Waals surface area contributed by atoms with Gasteiger partial charge in [-0.1, -0.05) is 85.4 Å². The molecule has 3 unspecified atom stereocenters. The maximum atomic E-state index is 12.8. The summed E-state index contributed by atoms with van der Waals surface area (Å²) in [6, 6.07) is 16.0. The average molecular weight is 621 g/mol. The topological polar surface area (TPSA) is 59.3 Å². The van der Waals surface area contributed by atoms with Gasteiger partial charge >= 0.3 is 5.97 Å². The van der Waals surface area contributed by atoms with Gasteiger partial charge in [0.05, 0.1) is 5.92 Å². The van der Waals surface area contributed by atoms with E-state index in [9.17, 15) is 10.1 Å². The number of halogens is 4. The number of hydrogen-bond donors (Lipinski definition) is 0. The van der Waals surface area contributed by atoms with Crippen LogP contribution in [0, 0.1) is 28.6 Å². The molecule has 0 aromatic heterocycles. The molecule has 3 rings (SSSR count). The van der Waals surface area contributed by atoms with E-state index in [1.165, 1.54) is 0 Å². The summed E-state index contributed by atoms with van der Waals surface area (Å²) in [5.74, 6) is 0.652. The first-order valence-electron chi connectivity index (χ1n) is 9.21. The first-order chi connectivity index (χ1) is 14.0. The van der Waals surface area contributed by atoms with Crippen LogP contribution in [0.25, 0.3) is 0 Å². The van der Waals surface area contributed by atoms with E-state index in [-0.39, 0.29) is 23.2 Å². The minimum absolute atomic E-state index is 0.127. The third kappa shape index (κ3) is 5.79. The Morgan fingerprint density at radius 1 is 1.20 bits per heavy atom. The van der Waals surface area contributed by atoms with Crippen molar-refractivity contribution in [3.05, 3.63) is 59.1 Å². The van der Waals surface area contributed by atoms with Gasteiger partial charge in [-0.25, -0.2) is 0 Å². The summed E-state index contributed by atoms with van der Waals surface area (Å²) in [5, 5.41) is 10.2. The lowest BCUT2D eigenvalue weighted by molar-refractivity contribution is -0.149. The fraction of sp³-hybridized carbons (Fsp3) is 0.364. The van der Waals surface area contributed by atoms with Gasteiger partial charge in [-0.15, -0.1) is 0 Å². The van der Waals surface area contributed by atoms with Gasteiger partial charge in [0, 0.05) is 10.6 Å². The van der Waals surface area contributed by atoms with Crippen LogP contribution in [0.5, 0.6) is 11.5 Å². The van der Waals surface area contributed by atoms with E-state index in [1.807, 2.05) is 13.8 Å². The van der Waals surface area contributed by atoms with Crippen LogP contribution in [0.15, 0.2) is 48.5 Å². The maximum absolute atomic E-state index is 12.8. The largest absolute Gasteiger partial charge is 0.457 e. The zero-order valence-corrected chi connectivity index (χ0v) is 21.8. The van der Waals surface area contributed by atoms with Crippen LogP contribution >= 0.6 is 59.4 Å². The van der Waals surface area contributed by atoms with Gasteiger partial charge < -0.3 is 9.47 Å². The lowest BCUT2D eigenvalue weighted by Gasteiger charge is -2.14. The molecule has 1 aliphatic rings. The predicted molar refractivity (Wildman–Crippen MR) is 127 cm³/mol. The molecule has 0 saturated heterocycles. The quantitative estimate of drug-likeness (QED) is 0.245. The van der Waals surface area contributed by atoms with Crippen molar-refractivity contribution in [2.75, 3.05) is 0 Å². The fourth-order valence-electron chi connectivity index (χ4n) is 3.58. The molecule has 0 radical (unpaired) electrons. The number of alkyl halides is 3. The van der Waals surface area contributed by atoms with E-state index in [0.29, 0.717) is 28.5 Å². The van der Waals surface area contributed by atoms with E-state index >= 15 is 0 Å². The number of carbonyl (C=O) groups excluding carboxylic acids is 1. The predicted octanol–water partition coefficient (Wildman–Crippen LogP) is 7.74. The molecule has 2 aromatic rings. The third-order valence-electron chi connectivity index (χ3n) is 5.32. The standard InChI is InChI=1S/C22H19Br3ClNO3/c1-21(2)17(11-22(23,24)25)19(21)20(28)30-18(12-27)13-4-3-5-16(10-13)29-15-8-6-14(26)7-9-15/h3-10,17-19H,11H2,1-2H3. The second kappa shape index (κ2) is 9.20. The Morgan fingerprint density at radius 2 is 1.87 bits per heavy atom. The summed E-state index contributed by atoms with van der Waals surface area (Å²) in [6.07, 6.45) is -0.313. The SMILES string of the molecule is CC1(C)C(CC(Br)(Br)Br)C1C(=O)OC(C#N)c1cccc(Oc2ccc(Cl)cc2)c1. The zero-order chi connectivity index (χ0) is 22.1. The van der Waals surface area contributed by atoms with Crippen LogP contribution in [0.3, 0.4) is 0 Å². The van der Waals surface area contributed by atoms with Crippen LogP contribution in [0.4, 0.5) is 0 Å². The van der Waals surface area contributed by atoms with E-state index < -0.39 is 8.25 Å². The molecule has 4 nitrogen and oxygen atoms in total. The number of esters is 1. The second-order valence-electron chi connectivity index (χ2n) is 7.80. The summed E-state index contributed by atoms with van der Waals surface area (Å²) in [5.41, 5.74) is 0.361.